The predicted octanol–water partition coefficient (Wildman–Crippen LogP) is 2.95. The fourth-order valence-corrected chi connectivity index (χ4v) is 2.32. The Morgan fingerprint density at radius 2 is 2.05 bits per heavy atom. The fourth-order valence-electron chi connectivity index (χ4n) is 2.32. The molecule has 3 N–H and O–H groups in total. The van der Waals surface area contributed by atoms with Crippen molar-refractivity contribution in [1.82, 2.24) is 10.4 Å². The van der Waals surface area contributed by atoms with Crippen molar-refractivity contribution in [3.8, 4) is 5.75 Å². The van der Waals surface area contributed by atoms with E-state index in [1.807, 2.05) is 31.3 Å². The van der Waals surface area contributed by atoms with E-state index in [1.165, 1.54) is 12.1 Å². The number of rotatable bonds is 3. The molecule has 0 aliphatic carbocycles. The molecule has 0 radical (unpaired) electrons. The zero-order valence-corrected chi connectivity index (χ0v) is 12.0. The van der Waals surface area contributed by atoms with Crippen molar-refractivity contribution in [3.05, 3.63) is 65.4 Å². The van der Waals surface area contributed by atoms with E-state index in [0.29, 0.717) is 0 Å². The average Bonchev–Trinajstić information content (AvgIpc) is 2.92. The van der Waals surface area contributed by atoms with Crippen molar-refractivity contribution in [2.75, 3.05) is 0 Å². The number of hydrogen-bond donors (Lipinski definition) is 3. The second kappa shape index (κ2) is 5.73. The number of nitrogens with one attached hydrogen (secondary N) is 2. The Bertz CT molecular complexity index is 865. The van der Waals surface area contributed by atoms with Crippen molar-refractivity contribution >= 4 is 23.0 Å². The standard InChI is InChI=1S/C17H15N3O2/c1-11-5-4-7-13-12(9-18-16(11)13)10-19-20-17(22)14-6-2-3-8-15(14)21/h2-10,18,21H,1H3,(H,20,22)/b19-10+. The van der Waals surface area contributed by atoms with Gasteiger partial charge < -0.3 is 10.1 Å². The third-order valence-corrected chi connectivity index (χ3v) is 3.47. The van der Waals surface area contributed by atoms with Crippen molar-refractivity contribution in [1.29, 1.82) is 0 Å². The summed E-state index contributed by atoms with van der Waals surface area (Å²) in [4.78, 5) is 15.1. The summed E-state index contributed by atoms with van der Waals surface area (Å²) in [7, 11) is 0. The second-order valence-corrected chi connectivity index (χ2v) is 4.96. The SMILES string of the molecule is Cc1cccc2c(/C=N/NC(=O)c3ccccc3O)c[nH]c12. The first-order valence-electron chi connectivity index (χ1n) is 6.85. The highest BCUT2D eigenvalue weighted by Crippen LogP contribution is 2.19. The minimum Gasteiger partial charge on any atom is -0.507 e. The number of aryl methyl sites for hydroxylation is 1. The summed E-state index contributed by atoms with van der Waals surface area (Å²) in [5.74, 6) is -0.525. The highest BCUT2D eigenvalue weighted by molar-refractivity contribution is 6.01. The van der Waals surface area contributed by atoms with Crippen LogP contribution in [0.2, 0.25) is 0 Å². The number of phenols is 1. The van der Waals surface area contributed by atoms with Gasteiger partial charge in [0, 0.05) is 22.7 Å². The van der Waals surface area contributed by atoms with Crippen molar-refractivity contribution in [2.45, 2.75) is 6.92 Å². The summed E-state index contributed by atoms with van der Waals surface area (Å²) < 4.78 is 0. The van der Waals surface area contributed by atoms with Crippen molar-refractivity contribution < 1.29 is 9.90 Å². The number of fused-ring (bicyclic) bond motifs is 1. The molecule has 0 aliphatic rings. The Labute approximate surface area is 127 Å². The van der Waals surface area contributed by atoms with Gasteiger partial charge in [0.25, 0.3) is 5.91 Å². The monoisotopic (exact) mass is 293 g/mol. The van der Waals surface area contributed by atoms with Gasteiger partial charge in [-0.3, -0.25) is 4.79 Å². The van der Waals surface area contributed by atoms with Crippen LogP contribution >= 0.6 is 0 Å². The molecule has 1 amide bonds. The Morgan fingerprint density at radius 1 is 1.23 bits per heavy atom. The van der Waals surface area contributed by atoms with Crippen LogP contribution < -0.4 is 5.43 Å². The molecule has 3 rings (SSSR count). The quantitative estimate of drug-likeness (QED) is 0.513. The molecule has 0 saturated carbocycles. The van der Waals surface area contributed by atoms with Crippen molar-refractivity contribution in [3.63, 3.8) is 0 Å². The first kappa shape index (κ1) is 13.9. The number of amides is 1. The molecule has 22 heavy (non-hydrogen) atoms. The minimum atomic E-state index is -0.453. The van der Waals surface area contributed by atoms with Gasteiger partial charge in [0.2, 0.25) is 0 Å². The number of hydrazone groups is 1. The van der Waals surface area contributed by atoms with E-state index in [2.05, 4.69) is 15.5 Å². The first-order chi connectivity index (χ1) is 10.7. The lowest BCUT2D eigenvalue weighted by atomic mass is 10.1. The molecule has 1 heterocycles. The average molecular weight is 293 g/mol. The molecule has 0 atom stereocenters. The zero-order chi connectivity index (χ0) is 15.5. The Balaban J connectivity index is 1.78. The highest BCUT2D eigenvalue weighted by Gasteiger charge is 2.09. The van der Waals surface area contributed by atoms with Crippen LogP contribution in [0.15, 0.2) is 53.8 Å². The lowest BCUT2D eigenvalue weighted by Crippen LogP contribution is -2.17. The molecule has 0 spiro atoms. The van der Waals surface area contributed by atoms with Crippen LogP contribution in [-0.2, 0) is 0 Å². The number of aromatic hydroxyl groups is 1. The molecule has 3 aromatic rings. The molecule has 5 nitrogen and oxygen atoms in total. The van der Waals surface area contributed by atoms with Crippen LogP contribution in [0.3, 0.4) is 0 Å². The predicted molar refractivity (Wildman–Crippen MR) is 86.2 cm³/mol. The van der Waals surface area contributed by atoms with Gasteiger partial charge in [-0.15, -0.1) is 0 Å². The summed E-state index contributed by atoms with van der Waals surface area (Å²) in [6, 6.07) is 12.3. The molecule has 110 valence electrons. The number of phenolic OH excluding ortho intramolecular Hbond substituents is 1. The molecule has 2 aromatic carbocycles. The van der Waals surface area contributed by atoms with Crippen LogP contribution in [0, 0.1) is 6.92 Å². The van der Waals surface area contributed by atoms with Gasteiger partial charge in [-0.2, -0.15) is 5.10 Å². The maximum atomic E-state index is 11.9. The van der Waals surface area contributed by atoms with E-state index in [9.17, 15) is 9.90 Å². The first-order valence-corrected chi connectivity index (χ1v) is 6.85. The summed E-state index contributed by atoms with van der Waals surface area (Å²) in [5, 5.41) is 14.6. The van der Waals surface area contributed by atoms with Gasteiger partial charge in [0.15, 0.2) is 0 Å². The Morgan fingerprint density at radius 3 is 2.86 bits per heavy atom. The Hall–Kier alpha value is -3.08. The van der Waals surface area contributed by atoms with E-state index >= 15 is 0 Å². The van der Waals surface area contributed by atoms with E-state index < -0.39 is 5.91 Å². The number of carbonyl (C=O) groups is 1. The molecular formula is C17H15N3O2. The normalized spacial score (nSPS) is 11.1. The third kappa shape index (κ3) is 2.56. The fraction of sp³-hybridized carbons (Fsp3) is 0.0588. The molecule has 0 aliphatic heterocycles. The number of H-pyrrole nitrogens is 1. The molecular weight excluding hydrogens is 278 g/mol. The number of hydrogen-bond acceptors (Lipinski definition) is 3. The van der Waals surface area contributed by atoms with Gasteiger partial charge in [0.1, 0.15) is 5.75 Å². The molecule has 0 unspecified atom stereocenters. The van der Waals surface area contributed by atoms with Crippen LogP contribution in [0.4, 0.5) is 0 Å². The van der Waals surface area contributed by atoms with E-state index in [0.717, 1.165) is 22.0 Å². The van der Waals surface area contributed by atoms with Crippen molar-refractivity contribution in [2.24, 2.45) is 5.10 Å². The van der Waals surface area contributed by atoms with Gasteiger partial charge in [-0.1, -0.05) is 30.3 Å². The maximum absolute atomic E-state index is 11.9. The summed E-state index contributed by atoms with van der Waals surface area (Å²) >= 11 is 0. The van der Waals surface area contributed by atoms with Crippen LogP contribution in [0.25, 0.3) is 10.9 Å². The van der Waals surface area contributed by atoms with Crippen LogP contribution in [0.5, 0.6) is 5.75 Å². The smallest absolute Gasteiger partial charge is 0.275 e. The third-order valence-electron chi connectivity index (χ3n) is 3.47. The van der Waals surface area contributed by atoms with E-state index in [1.54, 1.807) is 18.3 Å². The van der Waals surface area contributed by atoms with E-state index in [4.69, 9.17) is 0 Å². The molecule has 0 saturated heterocycles. The van der Waals surface area contributed by atoms with Gasteiger partial charge in [-0.25, -0.2) is 5.43 Å². The topological polar surface area (TPSA) is 77.5 Å². The van der Waals surface area contributed by atoms with Gasteiger partial charge in [-0.05, 0) is 24.6 Å². The number of benzene rings is 2. The molecule has 0 bridgehead atoms. The van der Waals surface area contributed by atoms with Crippen LogP contribution in [0.1, 0.15) is 21.5 Å². The van der Waals surface area contributed by atoms with E-state index in [-0.39, 0.29) is 11.3 Å². The van der Waals surface area contributed by atoms with Crippen LogP contribution in [-0.4, -0.2) is 22.2 Å². The molecule has 5 heteroatoms. The number of carbonyl (C=O) groups excluding carboxylic acids is 1. The summed E-state index contributed by atoms with van der Waals surface area (Å²) in [5.41, 5.74) is 5.69. The second-order valence-electron chi connectivity index (χ2n) is 4.96. The Kier molecular flexibility index (Phi) is 3.62. The highest BCUT2D eigenvalue weighted by atomic mass is 16.3. The maximum Gasteiger partial charge on any atom is 0.275 e. The number of para-hydroxylation sites is 2. The van der Waals surface area contributed by atoms with Gasteiger partial charge in [0.05, 0.1) is 11.8 Å². The van der Waals surface area contributed by atoms with Gasteiger partial charge >= 0.3 is 0 Å². The zero-order valence-electron chi connectivity index (χ0n) is 12.0. The minimum absolute atomic E-state index is 0.0714. The largest absolute Gasteiger partial charge is 0.507 e. The molecule has 0 fully saturated rings. The lowest BCUT2D eigenvalue weighted by Gasteiger charge is -2.01. The summed E-state index contributed by atoms with van der Waals surface area (Å²) in [6.45, 7) is 2.03. The molecule has 1 aromatic heterocycles. The number of aromatic nitrogens is 1. The number of nitrogens with zero attached hydrogens (tertiary/aromatic N) is 1. The lowest BCUT2D eigenvalue weighted by molar-refractivity contribution is 0.0952. The number of aromatic amines is 1. The summed E-state index contributed by atoms with van der Waals surface area (Å²) in [6.07, 6.45) is 3.42.